The van der Waals surface area contributed by atoms with E-state index in [4.69, 9.17) is 5.73 Å². The van der Waals surface area contributed by atoms with Crippen molar-refractivity contribution in [1.82, 2.24) is 4.90 Å². The van der Waals surface area contributed by atoms with Gasteiger partial charge >= 0.3 is 6.36 Å². The highest BCUT2D eigenvalue weighted by Gasteiger charge is 2.31. The topological polar surface area (TPSA) is 55.6 Å². The summed E-state index contributed by atoms with van der Waals surface area (Å²) in [7, 11) is 0. The van der Waals surface area contributed by atoms with Gasteiger partial charge in [-0.15, -0.1) is 13.2 Å². The van der Waals surface area contributed by atoms with Crippen molar-refractivity contribution in [3.8, 4) is 5.75 Å². The number of benzene rings is 1. The van der Waals surface area contributed by atoms with Gasteiger partial charge in [-0.3, -0.25) is 4.79 Å². The van der Waals surface area contributed by atoms with E-state index in [1.54, 1.807) is 4.90 Å². The fraction of sp³-hybridized carbons (Fsp3) is 0.462. The number of amides is 1. The van der Waals surface area contributed by atoms with Crippen LogP contribution in [-0.4, -0.2) is 36.3 Å². The Morgan fingerprint density at radius 1 is 1.35 bits per heavy atom. The Kier molecular flexibility index (Phi) is 4.17. The Balaban J connectivity index is 2.08. The van der Waals surface area contributed by atoms with Crippen molar-refractivity contribution in [3.63, 3.8) is 0 Å². The number of ether oxygens (including phenoxy) is 1. The summed E-state index contributed by atoms with van der Waals surface area (Å²) in [4.78, 5) is 13.9. The lowest BCUT2D eigenvalue weighted by molar-refractivity contribution is -0.274. The summed E-state index contributed by atoms with van der Waals surface area (Å²) in [6, 6.07) is 4.93. The maximum Gasteiger partial charge on any atom is 0.573 e. The standard InChI is InChI=1S/C13H15F3N2O2/c14-13(15,16)20-11-5-3-9(4-6-11)12(19)18-7-1-2-10(18)8-17/h3-6,10H,1-2,7-8,17H2. The summed E-state index contributed by atoms with van der Waals surface area (Å²) in [5.74, 6) is -0.553. The third-order valence-electron chi connectivity index (χ3n) is 3.24. The number of nitrogens with zero attached hydrogens (tertiary/aromatic N) is 1. The lowest BCUT2D eigenvalue weighted by atomic mass is 10.1. The van der Waals surface area contributed by atoms with Crippen molar-refractivity contribution >= 4 is 5.91 Å². The molecule has 0 radical (unpaired) electrons. The number of carbonyl (C=O) groups is 1. The summed E-state index contributed by atoms with van der Waals surface area (Å²) in [6.45, 7) is 1.02. The molecule has 0 saturated carbocycles. The SMILES string of the molecule is NCC1CCCN1C(=O)c1ccc(OC(F)(F)F)cc1. The molecule has 0 aromatic heterocycles. The van der Waals surface area contributed by atoms with E-state index >= 15 is 0 Å². The Hall–Kier alpha value is -1.76. The first kappa shape index (κ1) is 14.6. The van der Waals surface area contributed by atoms with Crippen molar-refractivity contribution in [2.45, 2.75) is 25.2 Å². The highest BCUT2D eigenvalue weighted by atomic mass is 19.4. The van der Waals surface area contributed by atoms with E-state index in [2.05, 4.69) is 4.74 Å². The molecule has 2 N–H and O–H groups in total. The lowest BCUT2D eigenvalue weighted by Gasteiger charge is -2.23. The highest BCUT2D eigenvalue weighted by molar-refractivity contribution is 5.94. The Morgan fingerprint density at radius 2 is 2.00 bits per heavy atom. The monoisotopic (exact) mass is 288 g/mol. The van der Waals surface area contributed by atoms with Crippen LogP contribution in [0.25, 0.3) is 0 Å². The van der Waals surface area contributed by atoms with E-state index in [-0.39, 0.29) is 17.7 Å². The second-order valence-corrected chi connectivity index (χ2v) is 4.60. The van der Waals surface area contributed by atoms with Gasteiger partial charge in [-0.05, 0) is 37.1 Å². The predicted molar refractivity (Wildman–Crippen MR) is 66.2 cm³/mol. The molecule has 1 heterocycles. The first-order chi connectivity index (χ1) is 9.40. The number of hydrogen-bond donors (Lipinski definition) is 1. The number of likely N-dealkylation sites (tertiary alicyclic amines) is 1. The van der Waals surface area contributed by atoms with E-state index in [1.807, 2.05) is 0 Å². The molecule has 1 amide bonds. The number of halogens is 3. The molecule has 1 atom stereocenters. The quantitative estimate of drug-likeness (QED) is 0.927. The van der Waals surface area contributed by atoms with Crippen LogP contribution in [0.2, 0.25) is 0 Å². The van der Waals surface area contributed by atoms with Gasteiger partial charge in [0.05, 0.1) is 0 Å². The fourth-order valence-electron chi connectivity index (χ4n) is 2.31. The zero-order valence-corrected chi connectivity index (χ0v) is 10.7. The largest absolute Gasteiger partial charge is 0.573 e. The number of rotatable bonds is 3. The predicted octanol–water partition coefficient (Wildman–Crippen LogP) is 2.15. The molecule has 1 aliphatic rings. The minimum absolute atomic E-state index is 0.00796. The number of alkyl halides is 3. The van der Waals surface area contributed by atoms with Gasteiger partial charge in [-0.1, -0.05) is 0 Å². The zero-order chi connectivity index (χ0) is 14.8. The van der Waals surface area contributed by atoms with E-state index in [0.29, 0.717) is 18.7 Å². The van der Waals surface area contributed by atoms with Crippen molar-refractivity contribution in [1.29, 1.82) is 0 Å². The molecular weight excluding hydrogens is 273 g/mol. The maximum absolute atomic E-state index is 12.2. The third-order valence-corrected chi connectivity index (χ3v) is 3.24. The molecular formula is C13H15F3N2O2. The van der Waals surface area contributed by atoms with Gasteiger partial charge in [0.2, 0.25) is 0 Å². The lowest BCUT2D eigenvalue weighted by Crippen LogP contribution is -2.39. The summed E-state index contributed by atoms with van der Waals surface area (Å²) < 4.78 is 39.9. The van der Waals surface area contributed by atoms with Gasteiger partial charge in [0.25, 0.3) is 5.91 Å². The molecule has 0 aliphatic carbocycles. The molecule has 20 heavy (non-hydrogen) atoms. The first-order valence-electron chi connectivity index (χ1n) is 6.27. The smallest absolute Gasteiger partial charge is 0.406 e. The second-order valence-electron chi connectivity index (χ2n) is 4.60. The number of nitrogens with two attached hydrogens (primary N) is 1. The average Bonchev–Trinajstić information content (AvgIpc) is 2.85. The minimum Gasteiger partial charge on any atom is -0.406 e. The maximum atomic E-state index is 12.2. The molecule has 7 heteroatoms. The summed E-state index contributed by atoms with van der Waals surface area (Å²) >= 11 is 0. The summed E-state index contributed by atoms with van der Waals surface area (Å²) in [6.07, 6.45) is -2.98. The van der Waals surface area contributed by atoms with Crippen LogP contribution in [0.3, 0.4) is 0 Å². The highest BCUT2D eigenvalue weighted by Crippen LogP contribution is 2.24. The van der Waals surface area contributed by atoms with Gasteiger partial charge in [0, 0.05) is 24.7 Å². The van der Waals surface area contributed by atoms with E-state index < -0.39 is 6.36 Å². The van der Waals surface area contributed by atoms with Crippen LogP contribution in [-0.2, 0) is 0 Å². The minimum atomic E-state index is -4.73. The van der Waals surface area contributed by atoms with Crippen LogP contribution in [0, 0.1) is 0 Å². The summed E-state index contributed by atoms with van der Waals surface area (Å²) in [5, 5.41) is 0. The van der Waals surface area contributed by atoms with Crippen LogP contribution in [0.1, 0.15) is 23.2 Å². The van der Waals surface area contributed by atoms with E-state index in [0.717, 1.165) is 25.0 Å². The van der Waals surface area contributed by atoms with Crippen LogP contribution in [0.4, 0.5) is 13.2 Å². The van der Waals surface area contributed by atoms with Crippen LogP contribution >= 0.6 is 0 Å². The Morgan fingerprint density at radius 3 is 2.55 bits per heavy atom. The van der Waals surface area contributed by atoms with Gasteiger partial charge in [0.15, 0.2) is 0 Å². The average molecular weight is 288 g/mol. The van der Waals surface area contributed by atoms with Gasteiger partial charge in [-0.2, -0.15) is 0 Å². The fourth-order valence-corrected chi connectivity index (χ4v) is 2.31. The van der Waals surface area contributed by atoms with Crippen molar-refractivity contribution in [3.05, 3.63) is 29.8 Å². The Bertz CT molecular complexity index is 473. The Labute approximate surface area is 114 Å². The molecule has 1 aliphatic heterocycles. The molecule has 1 fully saturated rings. The molecule has 1 aromatic carbocycles. The van der Waals surface area contributed by atoms with Gasteiger partial charge in [0.1, 0.15) is 5.75 Å². The molecule has 110 valence electrons. The van der Waals surface area contributed by atoms with Gasteiger partial charge in [-0.25, -0.2) is 0 Å². The molecule has 0 spiro atoms. The first-order valence-corrected chi connectivity index (χ1v) is 6.27. The molecule has 2 rings (SSSR count). The van der Waals surface area contributed by atoms with Crippen LogP contribution in [0.15, 0.2) is 24.3 Å². The molecule has 1 aromatic rings. The van der Waals surface area contributed by atoms with Gasteiger partial charge < -0.3 is 15.4 Å². The van der Waals surface area contributed by atoms with Crippen molar-refractivity contribution < 1.29 is 22.7 Å². The molecule has 1 saturated heterocycles. The molecule has 4 nitrogen and oxygen atoms in total. The molecule has 1 unspecified atom stereocenters. The van der Waals surface area contributed by atoms with Crippen molar-refractivity contribution in [2.24, 2.45) is 5.73 Å². The number of carbonyl (C=O) groups excluding carboxylic acids is 1. The van der Waals surface area contributed by atoms with E-state index in [9.17, 15) is 18.0 Å². The summed E-state index contributed by atoms with van der Waals surface area (Å²) in [5.41, 5.74) is 5.93. The molecule has 0 bridgehead atoms. The zero-order valence-electron chi connectivity index (χ0n) is 10.7. The van der Waals surface area contributed by atoms with Crippen molar-refractivity contribution in [2.75, 3.05) is 13.1 Å². The number of hydrogen-bond acceptors (Lipinski definition) is 3. The second kappa shape index (κ2) is 5.70. The van der Waals surface area contributed by atoms with Crippen LogP contribution in [0.5, 0.6) is 5.75 Å². The van der Waals surface area contributed by atoms with E-state index in [1.165, 1.54) is 12.1 Å². The normalized spacial score (nSPS) is 19.2. The third kappa shape index (κ3) is 3.41. The van der Waals surface area contributed by atoms with Crippen LogP contribution < -0.4 is 10.5 Å².